The van der Waals surface area contributed by atoms with E-state index in [-0.39, 0.29) is 12.1 Å². The van der Waals surface area contributed by atoms with Gasteiger partial charge in [0.1, 0.15) is 11.3 Å². The predicted molar refractivity (Wildman–Crippen MR) is 153 cm³/mol. The average molecular weight is 570 g/mol. The number of benzene rings is 1. The van der Waals surface area contributed by atoms with E-state index in [4.69, 9.17) is 15.7 Å². The van der Waals surface area contributed by atoms with E-state index in [9.17, 15) is 13.6 Å². The van der Waals surface area contributed by atoms with E-state index in [1.807, 2.05) is 41.1 Å². The highest BCUT2D eigenvalue weighted by atomic mass is 19.3. The number of carbonyl (C=O) groups is 1. The zero-order valence-electron chi connectivity index (χ0n) is 22.7. The van der Waals surface area contributed by atoms with E-state index in [0.717, 1.165) is 24.0 Å². The lowest BCUT2D eigenvalue weighted by Crippen LogP contribution is -2.47. The minimum atomic E-state index is -2.94. The Morgan fingerprint density at radius 1 is 1.02 bits per heavy atom. The quantitative estimate of drug-likeness (QED) is 0.316. The highest BCUT2D eigenvalue weighted by Gasteiger charge is 2.31. The molecule has 1 aliphatic heterocycles. The molecule has 214 valence electrons. The van der Waals surface area contributed by atoms with Gasteiger partial charge in [0, 0.05) is 49.5 Å². The molecular weight excluding hydrogens is 540 g/mol. The van der Waals surface area contributed by atoms with Crippen LogP contribution in [0, 0.1) is 0 Å². The minimum absolute atomic E-state index is 0.161. The molecule has 42 heavy (non-hydrogen) atoms. The maximum Gasteiger partial charge on any atom is 0.315 e. The normalized spacial score (nSPS) is 17.3. The summed E-state index contributed by atoms with van der Waals surface area (Å²) in [6.45, 7) is 0.696. The van der Waals surface area contributed by atoms with Gasteiger partial charge in [0.25, 0.3) is 5.91 Å². The number of nitrogens with two attached hydrogens (primary N) is 1. The second-order valence-electron chi connectivity index (χ2n) is 10.7. The molecule has 1 unspecified atom stereocenters. The first-order valence-corrected chi connectivity index (χ1v) is 14.0. The van der Waals surface area contributed by atoms with Crippen molar-refractivity contribution in [2.75, 3.05) is 18.8 Å². The maximum absolute atomic E-state index is 12.8. The fourth-order valence-electron chi connectivity index (χ4n) is 6.12. The number of nitrogens with one attached hydrogen (secondary N) is 1. The van der Waals surface area contributed by atoms with Gasteiger partial charge in [0.2, 0.25) is 0 Å². The van der Waals surface area contributed by atoms with Crippen molar-refractivity contribution in [3.05, 3.63) is 78.2 Å². The number of aromatic nitrogens is 6. The number of nitrogen functional groups attached to an aromatic ring is 1. The number of alkyl halides is 2. The Labute approximate surface area is 240 Å². The fraction of sp³-hybridized carbons (Fsp3) is 0.300. The minimum Gasteiger partial charge on any atom is -0.383 e. The number of rotatable bonds is 6. The third-order valence-electron chi connectivity index (χ3n) is 8.20. The number of halogens is 2. The van der Waals surface area contributed by atoms with Gasteiger partial charge in [-0.3, -0.25) is 9.36 Å². The van der Waals surface area contributed by atoms with Crippen LogP contribution in [0.15, 0.2) is 67.1 Å². The molecule has 0 radical (unpaired) electrons. The summed E-state index contributed by atoms with van der Waals surface area (Å²) >= 11 is 0. The molecule has 12 heteroatoms. The standard InChI is InChI=1S/C30H29F2N9O/c31-26(32)30(42)39-15-10-19(11-16-39)36-23-7-4-18-17-20(5-6-21(18)23)41-28(22-3-1-12-34-27(22)33)37-24-8-9-25(38-29(24)41)40-14-2-13-35-40/h1-3,5-6,8-9,12-14,17,19,23,26,36H,4,7,10-11,15-16H2,(H2,33,34). The largest absolute Gasteiger partial charge is 0.383 e. The lowest BCUT2D eigenvalue weighted by Gasteiger charge is -2.34. The molecule has 1 amide bonds. The lowest BCUT2D eigenvalue weighted by molar-refractivity contribution is -0.144. The molecule has 3 N–H and O–H groups in total. The molecule has 1 saturated heterocycles. The molecular formula is C30H29F2N9O. The second kappa shape index (κ2) is 10.6. The first kappa shape index (κ1) is 26.2. The number of anilines is 1. The number of nitrogens with zero attached hydrogens (tertiary/aromatic N) is 7. The van der Waals surface area contributed by atoms with Crippen LogP contribution in [0.25, 0.3) is 34.1 Å². The van der Waals surface area contributed by atoms with Crippen molar-refractivity contribution in [3.63, 3.8) is 0 Å². The van der Waals surface area contributed by atoms with Crippen LogP contribution in [0.4, 0.5) is 14.6 Å². The van der Waals surface area contributed by atoms with E-state index >= 15 is 0 Å². The summed E-state index contributed by atoms with van der Waals surface area (Å²) < 4.78 is 29.4. The Morgan fingerprint density at radius 3 is 2.64 bits per heavy atom. The van der Waals surface area contributed by atoms with Crippen molar-refractivity contribution in [1.82, 2.24) is 39.5 Å². The van der Waals surface area contributed by atoms with Crippen molar-refractivity contribution in [1.29, 1.82) is 0 Å². The Morgan fingerprint density at radius 2 is 1.88 bits per heavy atom. The lowest BCUT2D eigenvalue weighted by atomic mass is 10.0. The summed E-state index contributed by atoms with van der Waals surface area (Å²) in [6, 6.07) is 16.1. The van der Waals surface area contributed by atoms with Crippen LogP contribution in [0.2, 0.25) is 0 Å². The SMILES string of the molecule is Nc1ncccc1-c1nc2ccc(-n3cccn3)nc2n1-c1ccc2c(c1)CCC2NC1CCN(C(=O)C(F)F)CC1. The van der Waals surface area contributed by atoms with Crippen LogP contribution in [0.3, 0.4) is 0 Å². The average Bonchev–Trinajstić information content (AvgIpc) is 3.76. The molecule has 1 atom stereocenters. The number of imidazole rings is 1. The van der Waals surface area contributed by atoms with Gasteiger partial charge in [-0.2, -0.15) is 13.9 Å². The number of aryl methyl sites for hydroxylation is 1. The van der Waals surface area contributed by atoms with Crippen molar-refractivity contribution < 1.29 is 13.6 Å². The number of likely N-dealkylation sites (tertiary alicyclic amines) is 1. The number of hydrogen-bond acceptors (Lipinski definition) is 7. The number of fused-ring (bicyclic) bond motifs is 2. The Hall–Kier alpha value is -4.71. The summed E-state index contributed by atoms with van der Waals surface area (Å²) in [7, 11) is 0. The van der Waals surface area contributed by atoms with E-state index in [0.29, 0.717) is 54.6 Å². The van der Waals surface area contributed by atoms with Gasteiger partial charge in [-0.25, -0.2) is 19.6 Å². The number of pyridine rings is 2. The first-order chi connectivity index (χ1) is 20.5. The van der Waals surface area contributed by atoms with E-state index in [1.165, 1.54) is 16.0 Å². The van der Waals surface area contributed by atoms with Gasteiger partial charge in [0.15, 0.2) is 17.3 Å². The van der Waals surface area contributed by atoms with Crippen molar-refractivity contribution in [3.8, 4) is 22.9 Å². The Balaban J connectivity index is 1.21. The molecule has 5 heterocycles. The van der Waals surface area contributed by atoms with E-state index in [1.54, 1.807) is 17.1 Å². The number of carbonyl (C=O) groups excluding carboxylic acids is 1. The third-order valence-corrected chi connectivity index (χ3v) is 8.20. The van der Waals surface area contributed by atoms with Gasteiger partial charge in [0.05, 0.1) is 5.56 Å². The summed E-state index contributed by atoms with van der Waals surface area (Å²) in [4.78, 5) is 27.1. The smallest absolute Gasteiger partial charge is 0.315 e. The second-order valence-corrected chi connectivity index (χ2v) is 10.7. The van der Waals surface area contributed by atoms with E-state index < -0.39 is 12.3 Å². The van der Waals surface area contributed by atoms with Gasteiger partial charge in [-0.15, -0.1) is 0 Å². The third kappa shape index (κ3) is 4.67. The highest BCUT2D eigenvalue weighted by Crippen LogP contribution is 2.36. The van der Waals surface area contributed by atoms with Crippen LogP contribution in [-0.2, 0) is 11.2 Å². The molecule has 7 rings (SSSR count). The summed E-state index contributed by atoms with van der Waals surface area (Å²) in [5.41, 5.74) is 11.8. The topological polar surface area (TPSA) is 120 Å². The molecule has 1 aliphatic carbocycles. The van der Waals surface area contributed by atoms with Crippen molar-refractivity contribution >= 4 is 22.9 Å². The Bertz CT molecular complexity index is 1760. The number of hydrogen-bond donors (Lipinski definition) is 2. The molecule has 0 bridgehead atoms. The maximum atomic E-state index is 12.8. The first-order valence-electron chi connectivity index (χ1n) is 14.0. The highest BCUT2D eigenvalue weighted by molar-refractivity contribution is 5.83. The summed E-state index contributed by atoms with van der Waals surface area (Å²) in [5, 5.41) is 8.06. The molecule has 10 nitrogen and oxygen atoms in total. The van der Waals surface area contributed by atoms with Crippen LogP contribution >= 0.6 is 0 Å². The summed E-state index contributed by atoms with van der Waals surface area (Å²) in [5.74, 6) is 0.635. The number of amides is 1. The van der Waals surface area contributed by atoms with Gasteiger partial charge in [-0.1, -0.05) is 6.07 Å². The predicted octanol–water partition coefficient (Wildman–Crippen LogP) is 4.08. The molecule has 5 aromatic rings. The van der Waals surface area contributed by atoms with Gasteiger partial charge in [-0.05, 0) is 79.3 Å². The molecule has 1 aromatic carbocycles. The van der Waals surface area contributed by atoms with Crippen molar-refractivity contribution in [2.45, 2.75) is 44.2 Å². The Kier molecular flexibility index (Phi) is 6.62. The monoisotopic (exact) mass is 569 g/mol. The summed E-state index contributed by atoms with van der Waals surface area (Å²) in [6.07, 6.45) is 5.41. The molecule has 0 saturated carbocycles. The van der Waals surface area contributed by atoms with Crippen LogP contribution in [-0.4, -0.2) is 65.7 Å². The zero-order valence-corrected chi connectivity index (χ0v) is 22.7. The number of piperidine rings is 1. The zero-order chi connectivity index (χ0) is 28.8. The van der Waals surface area contributed by atoms with Crippen LogP contribution in [0.1, 0.15) is 36.4 Å². The van der Waals surface area contributed by atoms with Gasteiger partial charge >= 0.3 is 6.43 Å². The van der Waals surface area contributed by atoms with Gasteiger partial charge < -0.3 is 16.0 Å². The molecule has 0 spiro atoms. The van der Waals surface area contributed by atoms with Crippen LogP contribution < -0.4 is 11.1 Å². The molecule has 2 aliphatic rings. The molecule has 1 fully saturated rings. The van der Waals surface area contributed by atoms with Crippen LogP contribution in [0.5, 0.6) is 0 Å². The fourth-order valence-corrected chi connectivity index (χ4v) is 6.12. The molecule has 4 aromatic heterocycles. The van der Waals surface area contributed by atoms with E-state index in [2.05, 4.69) is 33.6 Å². The van der Waals surface area contributed by atoms with Crippen molar-refractivity contribution in [2.24, 2.45) is 0 Å².